The SMILES string of the molecule is COc1cccc(N2CC[C@H](CNC(=O)CN3CSCC3=O)C2)c1. The third-order valence-electron chi connectivity index (χ3n) is 4.45. The van der Waals surface area contributed by atoms with Gasteiger partial charge >= 0.3 is 0 Å². The summed E-state index contributed by atoms with van der Waals surface area (Å²) in [6, 6.07) is 8.06. The van der Waals surface area contributed by atoms with Crippen molar-refractivity contribution in [2.45, 2.75) is 6.42 Å². The van der Waals surface area contributed by atoms with Gasteiger partial charge in [0.05, 0.1) is 18.7 Å². The molecule has 3 rings (SSSR count). The Kier molecular flexibility index (Phi) is 5.50. The van der Waals surface area contributed by atoms with Crippen molar-refractivity contribution < 1.29 is 14.3 Å². The van der Waals surface area contributed by atoms with Crippen LogP contribution in [0.4, 0.5) is 5.69 Å². The number of carbonyl (C=O) groups is 2. The molecule has 1 N–H and O–H groups in total. The Balaban J connectivity index is 1.44. The molecule has 1 aromatic carbocycles. The number of amides is 2. The monoisotopic (exact) mass is 349 g/mol. The second-order valence-electron chi connectivity index (χ2n) is 6.18. The van der Waals surface area contributed by atoms with Gasteiger partial charge in [0.1, 0.15) is 12.3 Å². The lowest BCUT2D eigenvalue weighted by Gasteiger charge is -2.20. The maximum atomic E-state index is 12.0. The molecule has 1 aromatic rings. The molecule has 2 fully saturated rings. The van der Waals surface area contributed by atoms with Gasteiger partial charge in [0.15, 0.2) is 0 Å². The minimum Gasteiger partial charge on any atom is -0.497 e. The number of anilines is 1. The molecule has 2 aliphatic heterocycles. The van der Waals surface area contributed by atoms with Crippen molar-refractivity contribution in [3.63, 3.8) is 0 Å². The van der Waals surface area contributed by atoms with Gasteiger partial charge in [0.2, 0.25) is 11.8 Å². The van der Waals surface area contributed by atoms with Crippen LogP contribution in [0.3, 0.4) is 0 Å². The van der Waals surface area contributed by atoms with Crippen LogP contribution < -0.4 is 15.0 Å². The quantitative estimate of drug-likeness (QED) is 0.835. The van der Waals surface area contributed by atoms with Gasteiger partial charge in [0.25, 0.3) is 0 Å². The molecule has 2 heterocycles. The highest BCUT2D eigenvalue weighted by Gasteiger charge is 2.25. The molecule has 0 spiro atoms. The van der Waals surface area contributed by atoms with E-state index in [2.05, 4.69) is 16.3 Å². The van der Waals surface area contributed by atoms with Crippen LogP contribution in [0.25, 0.3) is 0 Å². The van der Waals surface area contributed by atoms with Crippen molar-refractivity contribution >= 4 is 29.3 Å². The van der Waals surface area contributed by atoms with Gasteiger partial charge in [-0.2, -0.15) is 0 Å². The molecule has 0 saturated carbocycles. The van der Waals surface area contributed by atoms with E-state index in [4.69, 9.17) is 4.74 Å². The molecule has 0 unspecified atom stereocenters. The second kappa shape index (κ2) is 7.79. The predicted octanol–water partition coefficient (Wildman–Crippen LogP) is 1.17. The number of nitrogens with one attached hydrogen (secondary N) is 1. The maximum Gasteiger partial charge on any atom is 0.239 e. The highest BCUT2D eigenvalue weighted by molar-refractivity contribution is 8.00. The fraction of sp³-hybridized carbons (Fsp3) is 0.529. The highest BCUT2D eigenvalue weighted by Crippen LogP contribution is 2.26. The van der Waals surface area contributed by atoms with Gasteiger partial charge in [-0.05, 0) is 24.5 Å². The summed E-state index contributed by atoms with van der Waals surface area (Å²) < 4.78 is 5.27. The Morgan fingerprint density at radius 3 is 3.08 bits per heavy atom. The first-order chi connectivity index (χ1) is 11.7. The van der Waals surface area contributed by atoms with E-state index < -0.39 is 0 Å². The summed E-state index contributed by atoms with van der Waals surface area (Å²) in [5, 5.41) is 2.97. The Hall–Kier alpha value is -1.89. The van der Waals surface area contributed by atoms with Gasteiger partial charge in [-0.15, -0.1) is 11.8 Å². The lowest BCUT2D eigenvalue weighted by molar-refractivity contribution is -0.132. The lowest BCUT2D eigenvalue weighted by Crippen LogP contribution is -2.40. The molecule has 0 aromatic heterocycles. The minimum atomic E-state index is -0.0642. The van der Waals surface area contributed by atoms with Crippen molar-refractivity contribution in [2.24, 2.45) is 5.92 Å². The molecule has 130 valence electrons. The third-order valence-corrected chi connectivity index (χ3v) is 5.40. The number of nitrogens with zero attached hydrogens (tertiary/aromatic N) is 2. The van der Waals surface area contributed by atoms with Gasteiger partial charge in [-0.3, -0.25) is 9.59 Å². The summed E-state index contributed by atoms with van der Waals surface area (Å²) in [6.45, 7) is 2.74. The van der Waals surface area contributed by atoms with Crippen LogP contribution >= 0.6 is 11.8 Å². The second-order valence-corrected chi connectivity index (χ2v) is 7.13. The largest absolute Gasteiger partial charge is 0.497 e. The fourth-order valence-electron chi connectivity index (χ4n) is 3.07. The molecule has 6 nitrogen and oxygen atoms in total. The smallest absolute Gasteiger partial charge is 0.239 e. The van der Waals surface area contributed by atoms with E-state index in [0.717, 1.165) is 30.9 Å². The van der Waals surface area contributed by atoms with Gasteiger partial charge in [0, 0.05) is 31.4 Å². The average Bonchev–Trinajstić information content (AvgIpc) is 3.23. The van der Waals surface area contributed by atoms with E-state index in [1.54, 1.807) is 23.8 Å². The van der Waals surface area contributed by atoms with Gasteiger partial charge in [-0.25, -0.2) is 0 Å². The number of benzene rings is 1. The Labute approximate surface area is 146 Å². The molecule has 0 radical (unpaired) electrons. The molecule has 2 amide bonds. The zero-order valence-corrected chi connectivity index (χ0v) is 14.7. The molecule has 7 heteroatoms. The number of methoxy groups -OCH3 is 1. The van der Waals surface area contributed by atoms with Crippen LogP contribution in [0.2, 0.25) is 0 Å². The summed E-state index contributed by atoms with van der Waals surface area (Å²) in [4.78, 5) is 27.5. The topological polar surface area (TPSA) is 61.9 Å². The van der Waals surface area contributed by atoms with Crippen molar-refractivity contribution in [3.8, 4) is 5.75 Å². The summed E-state index contributed by atoms with van der Waals surface area (Å²) in [5.41, 5.74) is 1.16. The van der Waals surface area contributed by atoms with Crippen LogP contribution in [-0.2, 0) is 9.59 Å². The normalized spacial score (nSPS) is 20.5. The summed E-state index contributed by atoms with van der Waals surface area (Å²) in [7, 11) is 1.67. The number of rotatable bonds is 6. The average molecular weight is 349 g/mol. The number of hydrogen-bond acceptors (Lipinski definition) is 5. The molecule has 2 aliphatic rings. The first kappa shape index (κ1) is 17.0. The van der Waals surface area contributed by atoms with Crippen LogP contribution in [0.5, 0.6) is 5.75 Å². The van der Waals surface area contributed by atoms with E-state index in [1.165, 1.54) is 0 Å². The zero-order valence-electron chi connectivity index (χ0n) is 13.9. The van der Waals surface area contributed by atoms with Crippen molar-refractivity contribution in [3.05, 3.63) is 24.3 Å². The molecule has 24 heavy (non-hydrogen) atoms. The lowest BCUT2D eigenvalue weighted by atomic mass is 10.1. The van der Waals surface area contributed by atoms with Crippen LogP contribution in [0, 0.1) is 5.92 Å². The minimum absolute atomic E-state index is 0.0558. The molecule has 2 saturated heterocycles. The van der Waals surface area contributed by atoms with E-state index in [9.17, 15) is 9.59 Å². The van der Waals surface area contributed by atoms with Crippen LogP contribution in [0.15, 0.2) is 24.3 Å². The highest BCUT2D eigenvalue weighted by atomic mass is 32.2. The van der Waals surface area contributed by atoms with E-state index in [0.29, 0.717) is 24.1 Å². The Morgan fingerprint density at radius 2 is 2.33 bits per heavy atom. The van der Waals surface area contributed by atoms with E-state index in [-0.39, 0.29) is 18.4 Å². The van der Waals surface area contributed by atoms with Crippen LogP contribution in [0.1, 0.15) is 6.42 Å². The number of hydrogen-bond donors (Lipinski definition) is 1. The van der Waals surface area contributed by atoms with E-state index in [1.807, 2.05) is 18.2 Å². The summed E-state index contributed by atoms with van der Waals surface area (Å²) in [6.07, 6.45) is 1.05. The maximum absolute atomic E-state index is 12.0. The Bertz CT molecular complexity index is 610. The predicted molar refractivity (Wildman–Crippen MR) is 95.4 cm³/mol. The third kappa shape index (κ3) is 4.14. The number of thioether (sulfide) groups is 1. The standard InChI is InChI=1S/C17H23N3O3S/c1-23-15-4-2-3-14(7-15)19-6-5-13(9-19)8-18-16(21)10-20-12-24-11-17(20)22/h2-4,7,13H,5-6,8-12H2,1H3,(H,18,21)/t13-/m1/s1. The first-order valence-electron chi connectivity index (χ1n) is 8.17. The van der Waals surface area contributed by atoms with Crippen molar-refractivity contribution in [1.29, 1.82) is 0 Å². The molecular weight excluding hydrogens is 326 g/mol. The van der Waals surface area contributed by atoms with Gasteiger partial charge < -0.3 is 19.9 Å². The summed E-state index contributed by atoms with van der Waals surface area (Å²) >= 11 is 1.56. The summed E-state index contributed by atoms with van der Waals surface area (Å²) in [5.74, 6) is 2.40. The molecule has 0 aliphatic carbocycles. The molecule has 1 atom stereocenters. The fourth-order valence-corrected chi connectivity index (χ4v) is 3.97. The van der Waals surface area contributed by atoms with Crippen molar-refractivity contribution in [2.75, 3.05) is 49.8 Å². The molecular formula is C17H23N3O3S. The number of carbonyl (C=O) groups excluding carboxylic acids is 2. The van der Waals surface area contributed by atoms with Crippen molar-refractivity contribution in [1.82, 2.24) is 10.2 Å². The first-order valence-corrected chi connectivity index (χ1v) is 9.32. The number of ether oxygens (including phenoxy) is 1. The van der Waals surface area contributed by atoms with E-state index >= 15 is 0 Å². The van der Waals surface area contributed by atoms with Crippen LogP contribution in [-0.4, -0.2) is 61.6 Å². The zero-order chi connectivity index (χ0) is 16.9. The van der Waals surface area contributed by atoms with Gasteiger partial charge in [-0.1, -0.05) is 6.07 Å². The molecule has 0 bridgehead atoms. The Morgan fingerprint density at radius 1 is 1.46 bits per heavy atom.